The summed E-state index contributed by atoms with van der Waals surface area (Å²) in [6.07, 6.45) is -0.0701. The Bertz CT molecular complexity index is 1020. The molecule has 10 heteroatoms. The van der Waals surface area contributed by atoms with E-state index in [9.17, 15) is 23.2 Å². The summed E-state index contributed by atoms with van der Waals surface area (Å²) in [6.45, 7) is -0.132. The number of hydrogen-bond acceptors (Lipinski definition) is 5. The van der Waals surface area contributed by atoms with Gasteiger partial charge in [0.25, 0.3) is 5.91 Å². The van der Waals surface area contributed by atoms with Crippen LogP contribution < -0.4 is 0 Å². The van der Waals surface area contributed by atoms with Crippen LogP contribution in [0.25, 0.3) is 22.5 Å². The van der Waals surface area contributed by atoms with Crippen LogP contribution in [0.4, 0.5) is 13.2 Å². The molecular formula is C19H18F3N4O3-. The van der Waals surface area contributed by atoms with Crippen molar-refractivity contribution in [3.63, 3.8) is 0 Å². The third-order valence-corrected chi connectivity index (χ3v) is 5.15. The summed E-state index contributed by atoms with van der Waals surface area (Å²) in [5.41, 5.74) is 0.501. The number of carbonyl (C=O) groups excluding carboxylic acids is 1. The predicted octanol–water partition coefficient (Wildman–Crippen LogP) is 4.23. The highest BCUT2D eigenvalue weighted by atomic mass is 19.4. The first-order valence-electron chi connectivity index (χ1n) is 9.27. The van der Waals surface area contributed by atoms with E-state index in [4.69, 9.17) is 4.42 Å². The van der Waals surface area contributed by atoms with Crippen LogP contribution >= 0.6 is 0 Å². The van der Waals surface area contributed by atoms with Crippen molar-refractivity contribution >= 4 is 16.9 Å². The summed E-state index contributed by atoms with van der Waals surface area (Å²) in [7, 11) is 0. The van der Waals surface area contributed by atoms with Crippen molar-refractivity contribution in [1.29, 1.82) is 0 Å². The Labute approximate surface area is 163 Å². The second-order valence-corrected chi connectivity index (χ2v) is 7.18. The number of fused-ring (bicyclic) bond motifs is 1. The number of rotatable bonds is 6. The van der Waals surface area contributed by atoms with Gasteiger partial charge in [-0.1, -0.05) is 6.42 Å². The Morgan fingerprint density at radius 2 is 2.07 bits per heavy atom. The molecule has 0 saturated heterocycles. The lowest BCUT2D eigenvalue weighted by Gasteiger charge is -2.32. The molecule has 0 atom stereocenters. The Balaban J connectivity index is 1.57. The molecule has 3 aromatic rings. The van der Waals surface area contributed by atoms with Crippen LogP contribution in [0.2, 0.25) is 0 Å². The molecule has 4 rings (SSSR count). The van der Waals surface area contributed by atoms with E-state index in [1.165, 1.54) is 35.6 Å². The molecule has 0 spiro atoms. The average molecular weight is 407 g/mol. The van der Waals surface area contributed by atoms with Gasteiger partial charge in [-0.25, -0.2) is 9.97 Å². The molecule has 0 N–H and O–H groups in total. The van der Waals surface area contributed by atoms with Gasteiger partial charge < -0.3 is 19.3 Å². The highest BCUT2D eigenvalue weighted by Crippen LogP contribution is 2.31. The fourth-order valence-electron chi connectivity index (χ4n) is 3.39. The lowest BCUT2D eigenvalue weighted by Crippen LogP contribution is -2.39. The number of amides is 1. The first-order chi connectivity index (χ1) is 13.8. The molecule has 0 aliphatic heterocycles. The van der Waals surface area contributed by atoms with Crippen molar-refractivity contribution in [2.24, 2.45) is 5.92 Å². The normalized spacial score (nSPS) is 14.9. The molecule has 3 aromatic heterocycles. The molecule has 3 heterocycles. The van der Waals surface area contributed by atoms with Crippen LogP contribution in [-0.4, -0.2) is 44.8 Å². The van der Waals surface area contributed by atoms with Crippen molar-refractivity contribution in [2.75, 3.05) is 13.1 Å². The minimum absolute atomic E-state index is 0.0604. The second kappa shape index (κ2) is 7.41. The number of aromatic nitrogens is 3. The molecule has 0 radical (unpaired) electrons. The molecule has 0 aromatic carbocycles. The summed E-state index contributed by atoms with van der Waals surface area (Å²) in [6, 6.07) is 4.47. The van der Waals surface area contributed by atoms with Crippen LogP contribution in [0, 0.1) is 11.1 Å². The van der Waals surface area contributed by atoms with E-state index in [2.05, 4.69) is 9.97 Å². The SMILES string of the molecule is O=C(c1ccc(-c2ncnc3c2ccn3[O-])o1)N(CCC(F)(F)F)CC1CCC1. The van der Waals surface area contributed by atoms with Crippen molar-refractivity contribution in [2.45, 2.75) is 31.9 Å². The Morgan fingerprint density at radius 1 is 1.28 bits per heavy atom. The zero-order valence-corrected chi connectivity index (χ0v) is 15.4. The fraction of sp³-hybridized carbons (Fsp3) is 0.421. The lowest BCUT2D eigenvalue weighted by atomic mass is 9.85. The monoisotopic (exact) mass is 407 g/mol. The maximum absolute atomic E-state index is 12.8. The summed E-state index contributed by atoms with van der Waals surface area (Å²) in [4.78, 5) is 22.1. The highest BCUT2D eigenvalue weighted by Gasteiger charge is 2.32. The summed E-state index contributed by atoms with van der Waals surface area (Å²) < 4.78 is 44.3. The maximum atomic E-state index is 12.8. The number of hydrogen-bond donors (Lipinski definition) is 0. The summed E-state index contributed by atoms with van der Waals surface area (Å²) in [5, 5.41) is 12.2. The van der Waals surface area contributed by atoms with E-state index in [1.54, 1.807) is 0 Å². The zero-order valence-electron chi connectivity index (χ0n) is 15.4. The van der Waals surface area contributed by atoms with Gasteiger partial charge in [0.1, 0.15) is 17.7 Å². The van der Waals surface area contributed by atoms with E-state index in [-0.39, 0.29) is 29.6 Å². The smallest absolute Gasteiger partial charge is 0.390 e. The van der Waals surface area contributed by atoms with Gasteiger partial charge in [-0.3, -0.25) is 4.79 Å². The number of halogens is 3. The molecule has 29 heavy (non-hydrogen) atoms. The molecule has 0 bridgehead atoms. The number of carbonyl (C=O) groups is 1. The lowest BCUT2D eigenvalue weighted by molar-refractivity contribution is -0.137. The fourth-order valence-corrected chi connectivity index (χ4v) is 3.39. The molecule has 1 amide bonds. The molecule has 1 saturated carbocycles. The molecule has 1 aliphatic carbocycles. The molecular weight excluding hydrogens is 389 g/mol. The van der Waals surface area contributed by atoms with Crippen molar-refractivity contribution in [3.05, 3.63) is 41.7 Å². The van der Waals surface area contributed by atoms with Crippen LogP contribution in [0.5, 0.6) is 0 Å². The van der Waals surface area contributed by atoms with Crippen molar-refractivity contribution in [1.82, 2.24) is 19.6 Å². The molecule has 1 fully saturated rings. The largest absolute Gasteiger partial charge is 0.805 e. The third-order valence-electron chi connectivity index (χ3n) is 5.15. The van der Waals surface area contributed by atoms with Gasteiger partial charge in [0.15, 0.2) is 11.5 Å². The Hall–Kier alpha value is -3.04. The highest BCUT2D eigenvalue weighted by molar-refractivity contribution is 5.94. The number of alkyl halides is 3. The molecule has 154 valence electrons. The van der Waals surface area contributed by atoms with E-state index in [0.717, 1.165) is 19.3 Å². The van der Waals surface area contributed by atoms with Gasteiger partial charge in [0, 0.05) is 24.7 Å². The van der Waals surface area contributed by atoms with Crippen LogP contribution in [0.3, 0.4) is 0 Å². The van der Waals surface area contributed by atoms with Crippen LogP contribution in [0.15, 0.2) is 35.1 Å². The molecule has 1 aliphatic rings. The minimum atomic E-state index is -4.34. The van der Waals surface area contributed by atoms with Crippen molar-refractivity contribution in [3.8, 4) is 11.5 Å². The average Bonchev–Trinajstić information content (AvgIpc) is 3.26. The van der Waals surface area contributed by atoms with E-state index in [1.807, 2.05) is 0 Å². The predicted molar refractivity (Wildman–Crippen MR) is 97.9 cm³/mol. The second-order valence-electron chi connectivity index (χ2n) is 7.18. The molecule has 0 unspecified atom stereocenters. The van der Waals surface area contributed by atoms with Crippen LogP contribution in [0.1, 0.15) is 36.2 Å². The number of furan rings is 1. The zero-order chi connectivity index (χ0) is 20.6. The van der Waals surface area contributed by atoms with E-state index < -0.39 is 25.0 Å². The van der Waals surface area contributed by atoms with Crippen molar-refractivity contribution < 1.29 is 22.4 Å². The Morgan fingerprint density at radius 3 is 2.76 bits per heavy atom. The third kappa shape index (κ3) is 4.06. The van der Waals surface area contributed by atoms with Crippen LogP contribution in [-0.2, 0) is 0 Å². The van der Waals surface area contributed by atoms with Gasteiger partial charge in [-0.05, 0) is 37.0 Å². The standard InChI is InChI=1S/C19H18F3N4O3/c20-19(21,22)7-9-25(10-12-2-1-3-12)18(27)15-5-4-14(29-15)16-13-6-8-26(28)17(13)24-11-23-16/h4-6,8,11-12H,1-3,7,9-10H2/q-1. The first-order valence-corrected chi connectivity index (χ1v) is 9.27. The first kappa shape index (κ1) is 19.3. The van der Waals surface area contributed by atoms with Gasteiger partial charge in [0.05, 0.1) is 6.42 Å². The molecule has 7 nitrogen and oxygen atoms in total. The van der Waals surface area contributed by atoms with Gasteiger partial charge in [-0.2, -0.15) is 13.2 Å². The quantitative estimate of drug-likeness (QED) is 0.610. The minimum Gasteiger partial charge on any atom is -0.805 e. The van der Waals surface area contributed by atoms with Gasteiger partial charge in [0.2, 0.25) is 0 Å². The Kier molecular flexibility index (Phi) is 4.93. The number of nitrogens with zero attached hydrogens (tertiary/aromatic N) is 4. The summed E-state index contributed by atoms with van der Waals surface area (Å²) >= 11 is 0. The van der Waals surface area contributed by atoms with Gasteiger partial charge in [-0.15, -0.1) is 0 Å². The van der Waals surface area contributed by atoms with E-state index in [0.29, 0.717) is 15.8 Å². The van der Waals surface area contributed by atoms with Gasteiger partial charge >= 0.3 is 6.18 Å². The topological polar surface area (TPSA) is 87.2 Å². The van der Waals surface area contributed by atoms with E-state index >= 15 is 0 Å². The summed E-state index contributed by atoms with van der Waals surface area (Å²) in [5.74, 6) is -0.180. The maximum Gasteiger partial charge on any atom is 0.390 e.